The van der Waals surface area contributed by atoms with Crippen molar-refractivity contribution < 1.29 is 9.90 Å². The molecule has 0 saturated heterocycles. The van der Waals surface area contributed by atoms with Gasteiger partial charge in [0.05, 0.1) is 23.5 Å². The molecule has 0 radical (unpaired) electrons. The standard InChI is InChI=1S/C27H28IN3O2/c28-20-9-6-18(7-10-20)15-25(33)31-27-24(14-17-4-2-1-3-5-17)29-26-22-12-11-21(32)16-19(22)8-13-23(26)30-27/h6-7,9-12,16-17,32H,1-5,8,13-15H2,(H,30,31,33). The van der Waals surface area contributed by atoms with Gasteiger partial charge in [0.1, 0.15) is 5.75 Å². The summed E-state index contributed by atoms with van der Waals surface area (Å²) in [6, 6.07) is 13.5. The summed E-state index contributed by atoms with van der Waals surface area (Å²) in [6.07, 6.45) is 8.97. The first-order valence-corrected chi connectivity index (χ1v) is 12.9. The smallest absolute Gasteiger partial charge is 0.229 e. The molecule has 33 heavy (non-hydrogen) atoms. The molecule has 0 bridgehead atoms. The maximum absolute atomic E-state index is 12.9. The summed E-state index contributed by atoms with van der Waals surface area (Å²) in [6.45, 7) is 0. The Bertz CT molecular complexity index is 1170. The topological polar surface area (TPSA) is 75.1 Å². The third-order valence-electron chi connectivity index (χ3n) is 6.76. The molecule has 2 aliphatic carbocycles. The molecule has 2 aromatic carbocycles. The van der Waals surface area contributed by atoms with Gasteiger partial charge < -0.3 is 10.4 Å². The molecule has 0 spiro atoms. The van der Waals surface area contributed by atoms with Crippen LogP contribution in [0.1, 0.15) is 54.6 Å². The van der Waals surface area contributed by atoms with Crippen molar-refractivity contribution >= 4 is 34.3 Å². The highest BCUT2D eigenvalue weighted by Gasteiger charge is 2.25. The molecule has 2 aliphatic rings. The number of hydrogen-bond donors (Lipinski definition) is 2. The van der Waals surface area contributed by atoms with Gasteiger partial charge in [0, 0.05) is 9.13 Å². The molecule has 1 aromatic heterocycles. The first-order valence-electron chi connectivity index (χ1n) is 11.8. The van der Waals surface area contributed by atoms with Crippen LogP contribution in [-0.2, 0) is 30.5 Å². The molecule has 2 N–H and O–H groups in total. The Balaban J connectivity index is 1.46. The highest BCUT2D eigenvalue weighted by Crippen LogP contribution is 2.36. The average molecular weight is 553 g/mol. The molecule has 0 aliphatic heterocycles. The molecule has 1 heterocycles. The maximum atomic E-state index is 12.9. The fourth-order valence-corrected chi connectivity index (χ4v) is 5.40. The Morgan fingerprint density at radius 2 is 1.82 bits per heavy atom. The monoisotopic (exact) mass is 553 g/mol. The summed E-state index contributed by atoms with van der Waals surface area (Å²) in [5, 5.41) is 13.0. The molecule has 1 amide bonds. The molecule has 5 nitrogen and oxygen atoms in total. The van der Waals surface area contributed by atoms with Crippen molar-refractivity contribution in [1.29, 1.82) is 0 Å². The number of phenolic OH excluding ortho intramolecular Hbond substituents is 1. The van der Waals surface area contributed by atoms with Crippen molar-refractivity contribution in [3.63, 3.8) is 0 Å². The van der Waals surface area contributed by atoms with Gasteiger partial charge in [-0.15, -0.1) is 0 Å². The summed E-state index contributed by atoms with van der Waals surface area (Å²) >= 11 is 2.27. The fraction of sp³-hybridized carbons (Fsp3) is 0.370. The number of fused-ring (bicyclic) bond motifs is 3. The summed E-state index contributed by atoms with van der Waals surface area (Å²) in [5.41, 5.74) is 5.85. The van der Waals surface area contributed by atoms with Crippen LogP contribution in [0.15, 0.2) is 42.5 Å². The molecule has 5 rings (SSSR count). The number of nitrogens with zero attached hydrogens (tertiary/aromatic N) is 2. The van der Waals surface area contributed by atoms with E-state index in [0.29, 0.717) is 18.2 Å². The van der Waals surface area contributed by atoms with Gasteiger partial charge in [-0.1, -0.05) is 44.2 Å². The number of benzene rings is 2. The van der Waals surface area contributed by atoms with Crippen LogP contribution in [0.2, 0.25) is 0 Å². The number of hydrogen-bond acceptors (Lipinski definition) is 4. The van der Waals surface area contributed by atoms with E-state index in [9.17, 15) is 9.90 Å². The second-order valence-corrected chi connectivity index (χ2v) is 10.5. The second-order valence-electron chi connectivity index (χ2n) is 9.22. The molecule has 170 valence electrons. The van der Waals surface area contributed by atoms with Crippen LogP contribution in [0.4, 0.5) is 5.82 Å². The Morgan fingerprint density at radius 1 is 1.03 bits per heavy atom. The lowest BCUT2D eigenvalue weighted by molar-refractivity contribution is -0.115. The third-order valence-corrected chi connectivity index (χ3v) is 7.48. The van der Waals surface area contributed by atoms with Crippen molar-refractivity contribution in [3.8, 4) is 17.0 Å². The van der Waals surface area contributed by atoms with E-state index < -0.39 is 0 Å². The van der Waals surface area contributed by atoms with Gasteiger partial charge in [-0.3, -0.25) is 4.79 Å². The predicted octanol–water partition coefficient (Wildman–Crippen LogP) is 5.86. The van der Waals surface area contributed by atoms with Crippen molar-refractivity contribution in [1.82, 2.24) is 9.97 Å². The number of rotatable bonds is 5. The van der Waals surface area contributed by atoms with Crippen LogP contribution >= 0.6 is 22.6 Å². The predicted molar refractivity (Wildman–Crippen MR) is 138 cm³/mol. The number of aryl methyl sites for hydroxylation is 2. The van der Waals surface area contributed by atoms with E-state index in [1.54, 1.807) is 6.07 Å². The Kier molecular flexibility index (Phi) is 6.62. The van der Waals surface area contributed by atoms with E-state index in [4.69, 9.17) is 9.97 Å². The minimum absolute atomic E-state index is 0.0588. The zero-order valence-corrected chi connectivity index (χ0v) is 20.8. The molecule has 3 aromatic rings. The van der Waals surface area contributed by atoms with Gasteiger partial charge in [-0.05, 0) is 89.2 Å². The number of halogens is 1. The van der Waals surface area contributed by atoms with E-state index in [1.807, 2.05) is 36.4 Å². The SMILES string of the molecule is O=C(Cc1ccc(I)cc1)Nc1nc2c(nc1CC1CCCCC1)-c1ccc(O)cc1CC2. The number of nitrogens with one attached hydrogen (secondary N) is 1. The average Bonchev–Trinajstić information content (AvgIpc) is 2.81. The van der Waals surface area contributed by atoms with Crippen LogP contribution in [0.25, 0.3) is 11.3 Å². The van der Waals surface area contributed by atoms with Crippen LogP contribution in [0.5, 0.6) is 5.75 Å². The largest absolute Gasteiger partial charge is 0.508 e. The first kappa shape index (κ1) is 22.3. The van der Waals surface area contributed by atoms with E-state index in [1.165, 1.54) is 32.1 Å². The van der Waals surface area contributed by atoms with Crippen LogP contribution in [0.3, 0.4) is 0 Å². The number of carbonyl (C=O) groups excluding carboxylic acids is 1. The molecule has 0 atom stereocenters. The molecule has 6 heteroatoms. The lowest BCUT2D eigenvalue weighted by Gasteiger charge is -2.24. The minimum atomic E-state index is -0.0588. The lowest BCUT2D eigenvalue weighted by atomic mass is 9.85. The number of aromatic nitrogens is 2. The van der Waals surface area contributed by atoms with Crippen molar-refractivity contribution in [2.45, 2.75) is 57.8 Å². The van der Waals surface area contributed by atoms with E-state index in [-0.39, 0.29) is 11.7 Å². The number of anilines is 1. The van der Waals surface area contributed by atoms with Gasteiger partial charge in [0.25, 0.3) is 0 Å². The number of aromatic hydroxyl groups is 1. The highest BCUT2D eigenvalue weighted by molar-refractivity contribution is 14.1. The van der Waals surface area contributed by atoms with Crippen LogP contribution in [-0.4, -0.2) is 21.0 Å². The molecule has 0 unspecified atom stereocenters. The van der Waals surface area contributed by atoms with Crippen molar-refractivity contribution in [2.75, 3.05) is 5.32 Å². The number of phenols is 1. The highest BCUT2D eigenvalue weighted by atomic mass is 127. The number of amides is 1. The zero-order valence-electron chi connectivity index (χ0n) is 18.6. The van der Waals surface area contributed by atoms with E-state index in [0.717, 1.165) is 56.6 Å². The van der Waals surface area contributed by atoms with Gasteiger partial charge in [0.15, 0.2) is 5.82 Å². The minimum Gasteiger partial charge on any atom is -0.508 e. The van der Waals surface area contributed by atoms with E-state index >= 15 is 0 Å². The summed E-state index contributed by atoms with van der Waals surface area (Å²) in [7, 11) is 0. The number of carbonyl (C=O) groups is 1. The van der Waals surface area contributed by atoms with Gasteiger partial charge in [0.2, 0.25) is 5.91 Å². The van der Waals surface area contributed by atoms with Crippen molar-refractivity contribution in [3.05, 3.63) is 68.5 Å². The Hall–Kier alpha value is -2.48. The molecule has 1 saturated carbocycles. The second kappa shape index (κ2) is 9.79. The quantitative estimate of drug-likeness (QED) is 0.389. The van der Waals surface area contributed by atoms with Gasteiger partial charge in [-0.25, -0.2) is 9.97 Å². The normalized spacial score (nSPS) is 15.5. The fourth-order valence-electron chi connectivity index (χ4n) is 5.04. The molecular weight excluding hydrogens is 525 g/mol. The Morgan fingerprint density at radius 3 is 2.61 bits per heavy atom. The molecule has 1 fully saturated rings. The first-order chi connectivity index (χ1) is 16.0. The van der Waals surface area contributed by atoms with Crippen LogP contribution in [0, 0.1) is 9.49 Å². The van der Waals surface area contributed by atoms with Gasteiger partial charge in [-0.2, -0.15) is 0 Å². The zero-order chi connectivity index (χ0) is 22.8. The summed E-state index contributed by atoms with van der Waals surface area (Å²) in [5.74, 6) is 1.43. The van der Waals surface area contributed by atoms with E-state index in [2.05, 4.69) is 27.9 Å². The maximum Gasteiger partial charge on any atom is 0.229 e. The third kappa shape index (κ3) is 5.21. The molecular formula is C27H28IN3O2. The lowest BCUT2D eigenvalue weighted by Crippen LogP contribution is -2.21. The van der Waals surface area contributed by atoms with Crippen molar-refractivity contribution in [2.24, 2.45) is 5.92 Å². The Labute approximate surface area is 208 Å². The summed E-state index contributed by atoms with van der Waals surface area (Å²) in [4.78, 5) is 22.9. The van der Waals surface area contributed by atoms with Crippen LogP contribution < -0.4 is 5.32 Å². The summed E-state index contributed by atoms with van der Waals surface area (Å²) < 4.78 is 1.15. The van der Waals surface area contributed by atoms with Gasteiger partial charge >= 0.3 is 0 Å².